The lowest BCUT2D eigenvalue weighted by atomic mass is 10.0. The second kappa shape index (κ2) is 5.33. The molecule has 0 saturated heterocycles. The van der Waals surface area contributed by atoms with Crippen molar-refractivity contribution >= 4 is 18.2 Å². The van der Waals surface area contributed by atoms with Gasteiger partial charge < -0.3 is 5.73 Å². The zero-order valence-electron chi connectivity index (χ0n) is 8.68. The van der Waals surface area contributed by atoms with Gasteiger partial charge in [-0.1, -0.05) is 48.5 Å². The van der Waals surface area contributed by atoms with E-state index in [1.165, 1.54) is 0 Å². The molecule has 3 N–H and O–H groups in total. The van der Waals surface area contributed by atoms with Gasteiger partial charge in [-0.25, -0.2) is 0 Å². The quantitative estimate of drug-likeness (QED) is 0.607. The Kier molecular flexibility index (Phi) is 4.09. The van der Waals surface area contributed by atoms with Crippen molar-refractivity contribution in [3.63, 3.8) is 0 Å². The maximum absolute atomic E-state index is 7.37. The normalized spacial score (nSPS) is 9.25. The SMILES string of the molecule is Cl.N=C(N)c1cccc(-c2ccccc2)c1. The lowest BCUT2D eigenvalue weighted by molar-refractivity contribution is 1.42. The number of nitrogens with one attached hydrogen (secondary N) is 1. The molecule has 3 heteroatoms. The first kappa shape index (κ1) is 12.3. The van der Waals surface area contributed by atoms with Gasteiger partial charge in [0.2, 0.25) is 0 Å². The fourth-order valence-electron chi connectivity index (χ4n) is 1.50. The number of nitrogen functional groups attached to an aromatic ring is 1. The Labute approximate surface area is 101 Å². The molecular formula is C13H13ClN2. The van der Waals surface area contributed by atoms with Crippen LogP contribution in [0.2, 0.25) is 0 Å². The van der Waals surface area contributed by atoms with E-state index in [1.54, 1.807) is 0 Å². The van der Waals surface area contributed by atoms with Gasteiger partial charge in [0.15, 0.2) is 0 Å². The summed E-state index contributed by atoms with van der Waals surface area (Å²) in [5.41, 5.74) is 8.43. The van der Waals surface area contributed by atoms with Gasteiger partial charge in [-0.15, -0.1) is 12.4 Å². The summed E-state index contributed by atoms with van der Waals surface area (Å²) in [5, 5.41) is 7.37. The Hall–Kier alpha value is -1.80. The third-order valence-corrected chi connectivity index (χ3v) is 2.28. The predicted octanol–water partition coefficient (Wildman–Crippen LogP) is 3.06. The predicted molar refractivity (Wildman–Crippen MR) is 70.1 cm³/mol. The number of hydrogen-bond donors (Lipinski definition) is 2. The molecule has 2 aromatic carbocycles. The summed E-state index contributed by atoms with van der Waals surface area (Å²) < 4.78 is 0. The summed E-state index contributed by atoms with van der Waals surface area (Å²) in [4.78, 5) is 0. The van der Waals surface area contributed by atoms with Crippen molar-refractivity contribution in [2.24, 2.45) is 5.73 Å². The second-order valence-corrected chi connectivity index (χ2v) is 3.36. The number of amidine groups is 1. The van der Waals surface area contributed by atoms with Crippen LogP contribution in [0.15, 0.2) is 54.6 Å². The van der Waals surface area contributed by atoms with Crippen LogP contribution in [0.5, 0.6) is 0 Å². The fraction of sp³-hybridized carbons (Fsp3) is 0. The number of benzene rings is 2. The van der Waals surface area contributed by atoms with Crippen molar-refractivity contribution < 1.29 is 0 Å². The molecule has 0 heterocycles. The highest BCUT2D eigenvalue weighted by Crippen LogP contribution is 2.19. The molecule has 0 aliphatic carbocycles. The summed E-state index contributed by atoms with van der Waals surface area (Å²) in [6.45, 7) is 0. The first-order valence-electron chi connectivity index (χ1n) is 4.77. The van der Waals surface area contributed by atoms with Crippen LogP contribution in [-0.2, 0) is 0 Å². The third-order valence-electron chi connectivity index (χ3n) is 2.28. The Morgan fingerprint density at radius 2 is 1.50 bits per heavy atom. The molecule has 0 saturated carbocycles. The largest absolute Gasteiger partial charge is 0.384 e. The van der Waals surface area contributed by atoms with Crippen molar-refractivity contribution in [1.82, 2.24) is 0 Å². The average molecular weight is 233 g/mol. The molecule has 0 bridgehead atoms. The molecule has 16 heavy (non-hydrogen) atoms. The van der Waals surface area contributed by atoms with Crippen LogP contribution in [-0.4, -0.2) is 5.84 Å². The maximum Gasteiger partial charge on any atom is 0.122 e. The third kappa shape index (κ3) is 2.61. The van der Waals surface area contributed by atoms with E-state index >= 15 is 0 Å². The minimum atomic E-state index is 0. The molecule has 0 radical (unpaired) electrons. The van der Waals surface area contributed by atoms with E-state index < -0.39 is 0 Å². The van der Waals surface area contributed by atoms with Crippen molar-refractivity contribution in [3.05, 3.63) is 60.2 Å². The summed E-state index contributed by atoms with van der Waals surface area (Å²) in [6, 6.07) is 17.8. The van der Waals surface area contributed by atoms with Crippen LogP contribution in [0.4, 0.5) is 0 Å². The van der Waals surface area contributed by atoms with E-state index in [9.17, 15) is 0 Å². The highest BCUT2D eigenvalue weighted by Gasteiger charge is 1.99. The van der Waals surface area contributed by atoms with Gasteiger partial charge in [0, 0.05) is 5.56 Å². The van der Waals surface area contributed by atoms with E-state index in [0.717, 1.165) is 16.7 Å². The van der Waals surface area contributed by atoms with Gasteiger partial charge in [0.1, 0.15) is 5.84 Å². The molecule has 2 rings (SSSR count). The summed E-state index contributed by atoms with van der Waals surface area (Å²) in [5.74, 6) is 0.104. The highest BCUT2D eigenvalue weighted by molar-refractivity contribution is 5.96. The summed E-state index contributed by atoms with van der Waals surface area (Å²) in [6.07, 6.45) is 0. The lowest BCUT2D eigenvalue weighted by Crippen LogP contribution is -2.10. The molecule has 82 valence electrons. The summed E-state index contributed by atoms with van der Waals surface area (Å²) in [7, 11) is 0. The van der Waals surface area contributed by atoms with Crippen molar-refractivity contribution in [1.29, 1.82) is 5.41 Å². The molecule has 2 nitrogen and oxygen atoms in total. The van der Waals surface area contributed by atoms with Crippen LogP contribution in [0.3, 0.4) is 0 Å². The van der Waals surface area contributed by atoms with Crippen LogP contribution < -0.4 is 5.73 Å². The van der Waals surface area contributed by atoms with Gasteiger partial charge >= 0.3 is 0 Å². The number of hydrogen-bond acceptors (Lipinski definition) is 1. The van der Waals surface area contributed by atoms with Gasteiger partial charge in [-0.05, 0) is 17.2 Å². The molecule has 0 amide bonds. The van der Waals surface area contributed by atoms with Crippen LogP contribution >= 0.6 is 12.4 Å². The number of rotatable bonds is 2. The summed E-state index contributed by atoms with van der Waals surface area (Å²) >= 11 is 0. The zero-order chi connectivity index (χ0) is 10.7. The smallest absolute Gasteiger partial charge is 0.122 e. The van der Waals surface area contributed by atoms with Gasteiger partial charge in [0.05, 0.1) is 0 Å². The zero-order valence-corrected chi connectivity index (χ0v) is 9.50. The first-order valence-corrected chi connectivity index (χ1v) is 4.77. The van der Waals surface area contributed by atoms with Crippen LogP contribution in [0, 0.1) is 5.41 Å². The molecule has 0 unspecified atom stereocenters. The van der Waals surface area contributed by atoms with Crippen LogP contribution in [0.1, 0.15) is 5.56 Å². The Morgan fingerprint density at radius 1 is 0.875 bits per heavy atom. The first-order chi connectivity index (χ1) is 7.27. The highest BCUT2D eigenvalue weighted by atomic mass is 35.5. The maximum atomic E-state index is 7.37. The van der Waals surface area contributed by atoms with Crippen molar-refractivity contribution in [3.8, 4) is 11.1 Å². The number of nitrogens with two attached hydrogens (primary N) is 1. The molecule has 0 atom stereocenters. The molecule has 0 fully saturated rings. The van der Waals surface area contributed by atoms with E-state index in [0.29, 0.717) is 0 Å². The van der Waals surface area contributed by atoms with Gasteiger partial charge in [-0.3, -0.25) is 5.41 Å². The minimum absolute atomic E-state index is 0. The second-order valence-electron chi connectivity index (χ2n) is 3.36. The molecular weight excluding hydrogens is 220 g/mol. The Morgan fingerprint density at radius 3 is 2.12 bits per heavy atom. The molecule has 0 aliphatic rings. The lowest BCUT2D eigenvalue weighted by Gasteiger charge is -2.03. The fourth-order valence-corrected chi connectivity index (χ4v) is 1.50. The van der Waals surface area contributed by atoms with E-state index in [2.05, 4.69) is 0 Å². The average Bonchev–Trinajstić information content (AvgIpc) is 2.30. The standard InChI is InChI=1S/C13H12N2.ClH/c14-13(15)12-8-4-7-11(9-12)10-5-2-1-3-6-10;/h1-9H,(H3,14,15);1H. The van der Waals surface area contributed by atoms with Gasteiger partial charge in [-0.2, -0.15) is 0 Å². The van der Waals surface area contributed by atoms with Gasteiger partial charge in [0.25, 0.3) is 0 Å². The van der Waals surface area contributed by atoms with Crippen LogP contribution in [0.25, 0.3) is 11.1 Å². The monoisotopic (exact) mass is 232 g/mol. The number of halogens is 1. The van der Waals surface area contributed by atoms with E-state index in [-0.39, 0.29) is 18.2 Å². The minimum Gasteiger partial charge on any atom is -0.384 e. The Bertz CT molecular complexity index is 480. The molecule has 2 aromatic rings. The molecule has 0 spiro atoms. The van der Waals surface area contributed by atoms with Crippen molar-refractivity contribution in [2.75, 3.05) is 0 Å². The van der Waals surface area contributed by atoms with E-state index in [4.69, 9.17) is 11.1 Å². The topological polar surface area (TPSA) is 49.9 Å². The molecule has 0 aromatic heterocycles. The van der Waals surface area contributed by atoms with Crippen molar-refractivity contribution in [2.45, 2.75) is 0 Å². The Balaban J connectivity index is 0.00000128. The molecule has 0 aliphatic heterocycles. The van der Waals surface area contributed by atoms with E-state index in [1.807, 2.05) is 54.6 Å².